The normalized spacial score (nSPS) is 10.1. The highest BCUT2D eigenvalue weighted by Crippen LogP contribution is 2.10. The van der Waals surface area contributed by atoms with E-state index in [1.54, 1.807) is 13.1 Å². The van der Waals surface area contributed by atoms with Crippen LogP contribution in [0.3, 0.4) is 0 Å². The van der Waals surface area contributed by atoms with Gasteiger partial charge in [0.1, 0.15) is 0 Å². The number of carboxylic acids is 1. The number of aryl methyl sites for hydroxylation is 2. The molecule has 0 fully saturated rings. The molecular formula is C11H15NO2. The van der Waals surface area contributed by atoms with E-state index in [1.165, 1.54) is 0 Å². The maximum absolute atomic E-state index is 10.7. The molecule has 1 aromatic rings. The summed E-state index contributed by atoms with van der Waals surface area (Å²) in [5.74, 6) is -0.954. The molecule has 0 bridgehead atoms. The largest absolute Gasteiger partial charge is 0.477 e. The van der Waals surface area contributed by atoms with Crippen molar-refractivity contribution in [2.75, 3.05) is 0 Å². The number of carboxylic acid groups (broad SMARTS) is 1. The van der Waals surface area contributed by atoms with Gasteiger partial charge >= 0.3 is 5.97 Å². The van der Waals surface area contributed by atoms with Crippen LogP contribution in [-0.2, 0) is 6.42 Å². The molecule has 0 amide bonds. The van der Waals surface area contributed by atoms with Crippen LogP contribution in [0.15, 0.2) is 12.3 Å². The monoisotopic (exact) mass is 193 g/mol. The fraction of sp³-hybridized carbons (Fsp3) is 0.455. The summed E-state index contributed by atoms with van der Waals surface area (Å²) in [6.07, 6.45) is 4.89. The Morgan fingerprint density at radius 2 is 2.29 bits per heavy atom. The number of carbonyl (C=O) groups is 1. The third-order valence-electron chi connectivity index (χ3n) is 2.16. The van der Waals surface area contributed by atoms with E-state index in [1.807, 2.05) is 6.07 Å². The van der Waals surface area contributed by atoms with Gasteiger partial charge in [-0.3, -0.25) is 0 Å². The zero-order valence-electron chi connectivity index (χ0n) is 8.58. The molecule has 0 atom stereocenters. The van der Waals surface area contributed by atoms with E-state index < -0.39 is 5.97 Å². The fourth-order valence-electron chi connectivity index (χ4n) is 1.37. The van der Waals surface area contributed by atoms with Gasteiger partial charge in [0.05, 0.1) is 0 Å². The molecule has 0 aliphatic rings. The first-order chi connectivity index (χ1) is 6.65. The van der Waals surface area contributed by atoms with Gasteiger partial charge < -0.3 is 5.11 Å². The number of aromatic nitrogens is 1. The second-order valence-electron chi connectivity index (χ2n) is 3.42. The minimum absolute atomic E-state index is 0.158. The van der Waals surface area contributed by atoms with Crippen molar-refractivity contribution in [3.05, 3.63) is 29.1 Å². The third kappa shape index (κ3) is 2.55. The molecule has 3 nitrogen and oxygen atoms in total. The van der Waals surface area contributed by atoms with Crippen LogP contribution in [0.2, 0.25) is 0 Å². The molecule has 0 unspecified atom stereocenters. The number of unbranched alkanes of at least 4 members (excludes halogenated alkanes) is 1. The summed E-state index contributed by atoms with van der Waals surface area (Å²) in [6, 6.07) is 1.91. The molecule has 0 saturated carbocycles. The highest BCUT2D eigenvalue weighted by molar-refractivity contribution is 5.86. The smallest absolute Gasteiger partial charge is 0.354 e. The zero-order valence-corrected chi connectivity index (χ0v) is 8.58. The Hall–Kier alpha value is -1.38. The molecule has 0 saturated heterocycles. The molecule has 1 N–H and O–H groups in total. The molecule has 3 heteroatoms. The van der Waals surface area contributed by atoms with E-state index in [2.05, 4.69) is 11.9 Å². The Morgan fingerprint density at radius 3 is 2.79 bits per heavy atom. The maximum atomic E-state index is 10.7. The summed E-state index contributed by atoms with van der Waals surface area (Å²) < 4.78 is 0. The Labute approximate surface area is 83.8 Å². The van der Waals surface area contributed by atoms with Crippen molar-refractivity contribution in [2.45, 2.75) is 33.1 Å². The highest BCUT2D eigenvalue weighted by Gasteiger charge is 2.08. The minimum Gasteiger partial charge on any atom is -0.477 e. The third-order valence-corrected chi connectivity index (χ3v) is 2.16. The van der Waals surface area contributed by atoms with Crippen LogP contribution in [0.4, 0.5) is 0 Å². The van der Waals surface area contributed by atoms with E-state index in [0.717, 1.165) is 30.4 Å². The van der Waals surface area contributed by atoms with Crippen LogP contribution in [0, 0.1) is 6.92 Å². The number of hydrogen-bond donors (Lipinski definition) is 1. The van der Waals surface area contributed by atoms with Gasteiger partial charge in [-0.1, -0.05) is 19.4 Å². The molecule has 0 aliphatic carbocycles. The molecule has 0 aliphatic heterocycles. The average Bonchev–Trinajstić information content (AvgIpc) is 2.14. The van der Waals surface area contributed by atoms with Gasteiger partial charge in [0.25, 0.3) is 0 Å². The van der Waals surface area contributed by atoms with Crippen molar-refractivity contribution in [3.8, 4) is 0 Å². The Morgan fingerprint density at radius 1 is 1.57 bits per heavy atom. The standard InChI is InChI=1S/C11H15NO2/c1-3-4-5-9-6-8(2)10(11(13)14)12-7-9/h6-7H,3-5H2,1-2H3,(H,13,14). The lowest BCUT2D eigenvalue weighted by atomic mass is 10.1. The molecule has 76 valence electrons. The number of rotatable bonds is 4. The van der Waals surface area contributed by atoms with Crippen LogP contribution in [-0.4, -0.2) is 16.1 Å². The second-order valence-corrected chi connectivity index (χ2v) is 3.42. The molecular weight excluding hydrogens is 178 g/mol. The number of pyridine rings is 1. The van der Waals surface area contributed by atoms with Gasteiger partial charge in [-0.15, -0.1) is 0 Å². The maximum Gasteiger partial charge on any atom is 0.354 e. The van der Waals surface area contributed by atoms with Crippen molar-refractivity contribution >= 4 is 5.97 Å². The Balaban J connectivity index is 2.83. The Kier molecular flexibility index (Phi) is 3.63. The van der Waals surface area contributed by atoms with Crippen molar-refractivity contribution in [3.63, 3.8) is 0 Å². The first-order valence-electron chi connectivity index (χ1n) is 4.84. The van der Waals surface area contributed by atoms with Crippen LogP contribution in [0.25, 0.3) is 0 Å². The van der Waals surface area contributed by atoms with Crippen LogP contribution in [0.1, 0.15) is 41.4 Å². The first-order valence-corrected chi connectivity index (χ1v) is 4.84. The summed E-state index contributed by atoms with van der Waals surface area (Å²) >= 11 is 0. The quantitative estimate of drug-likeness (QED) is 0.799. The minimum atomic E-state index is -0.954. The molecule has 1 heterocycles. The molecule has 1 rings (SSSR count). The molecule has 1 aromatic heterocycles. The van der Waals surface area contributed by atoms with Gasteiger partial charge in [0.15, 0.2) is 5.69 Å². The van der Waals surface area contributed by atoms with Crippen molar-refractivity contribution < 1.29 is 9.90 Å². The highest BCUT2D eigenvalue weighted by atomic mass is 16.4. The van der Waals surface area contributed by atoms with Crippen molar-refractivity contribution in [1.29, 1.82) is 0 Å². The fourth-order valence-corrected chi connectivity index (χ4v) is 1.37. The van der Waals surface area contributed by atoms with E-state index in [0.29, 0.717) is 0 Å². The van der Waals surface area contributed by atoms with Gasteiger partial charge in [0, 0.05) is 6.20 Å². The van der Waals surface area contributed by atoms with Gasteiger partial charge in [0.2, 0.25) is 0 Å². The average molecular weight is 193 g/mol. The summed E-state index contributed by atoms with van der Waals surface area (Å²) in [5, 5.41) is 8.77. The lowest BCUT2D eigenvalue weighted by Crippen LogP contribution is -2.04. The lowest BCUT2D eigenvalue weighted by Gasteiger charge is -2.03. The van der Waals surface area contributed by atoms with E-state index >= 15 is 0 Å². The predicted molar refractivity (Wildman–Crippen MR) is 54.5 cm³/mol. The van der Waals surface area contributed by atoms with Crippen LogP contribution in [0.5, 0.6) is 0 Å². The van der Waals surface area contributed by atoms with E-state index in [9.17, 15) is 4.79 Å². The molecule has 14 heavy (non-hydrogen) atoms. The van der Waals surface area contributed by atoms with Gasteiger partial charge in [-0.2, -0.15) is 0 Å². The Bertz CT molecular complexity index is 334. The second kappa shape index (κ2) is 4.74. The summed E-state index contributed by atoms with van der Waals surface area (Å²) in [6.45, 7) is 3.91. The number of hydrogen-bond acceptors (Lipinski definition) is 2. The van der Waals surface area contributed by atoms with Crippen molar-refractivity contribution in [1.82, 2.24) is 4.98 Å². The van der Waals surface area contributed by atoms with E-state index in [-0.39, 0.29) is 5.69 Å². The molecule has 0 spiro atoms. The number of nitrogens with zero attached hydrogens (tertiary/aromatic N) is 1. The molecule has 0 radical (unpaired) electrons. The van der Waals surface area contributed by atoms with E-state index in [4.69, 9.17) is 5.11 Å². The molecule has 0 aromatic carbocycles. The summed E-state index contributed by atoms with van der Waals surface area (Å²) in [5.41, 5.74) is 2.02. The summed E-state index contributed by atoms with van der Waals surface area (Å²) in [7, 11) is 0. The van der Waals surface area contributed by atoms with Crippen LogP contribution < -0.4 is 0 Å². The van der Waals surface area contributed by atoms with Gasteiger partial charge in [-0.25, -0.2) is 9.78 Å². The zero-order chi connectivity index (χ0) is 10.6. The lowest BCUT2D eigenvalue weighted by molar-refractivity contribution is 0.0689. The topological polar surface area (TPSA) is 50.2 Å². The van der Waals surface area contributed by atoms with Crippen molar-refractivity contribution in [2.24, 2.45) is 0 Å². The number of aromatic carboxylic acids is 1. The van der Waals surface area contributed by atoms with Gasteiger partial charge in [-0.05, 0) is 30.9 Å². The predicted octanol–water partition coefficient (Wildman–Crippen LogP) is 2.43. The SMILES string of the molecule is CCCCc1cnc(C(=O)O)c(C)c1. The summed E-state index contributed by atoms with van der Waals surface area (Å²) in [4.78, 5) is 14.6. The first kappa shape index (κ1) is 10.7. The van der Waals surface area contributed by atoms with Crippen LogP contribution >= 0.6 is 0 Å².